The minimum absolute atomic E-state index is 0.0678. The highest BCUT2D eigenvalue weighted by Gasteiger charge is 2.17. The van der Waals surface area contributed by atoms with Crippen LogP contribution in [0.25, 0.3) is 0 Å². The third-order valence-electron chi connectivity index (χ3n) is 2.82. The van der Waals surface area contributed by atoms with Crippen molar-refractivity contribution in [2.24, 2.45) is 0 Å². The highest BCUT2D eigenvalue weighted by molar-refractivity contribution is 5.97. The van der Waals surface area contributed by atoms with E-state index in [0.29, 0.717) is 5.82 Å². The van der Waals surface area contributed by atoms with Gasteiger partial charge in [0.1, 0.15) is 12.4 Å². The molecule has 2 amide bonds. The van der Waals surface area contributed by atoms with E-state index in [1.807, 2.05) is 6.92 Å². The third-order valence-corrected chi connectivity index (χ3v) is 2.82. The van der Waals surface area contributed by atoms with Gasteiger partial charge in [-0.1, -0.05) is 6.92 Å². The SMILES string of the molecule is CCc1cn[nH]c1NC(=O)CN(C)C(=O)c1ccco1. The van der Waals surface area contributed by atoms with Crippen molar-refractivity contribution in [3.05, 3.63) is 35.9 Å². The first kappa shape index (κ1) is 13.9. The van der Waals surface area contributed by atoms with Crippen LogP contribution < -0.4 is 5.32 Å². The van der Waals surface area contributed by atoms with Gasteiger partial charge in [0.05, 0.1) is 12.5 Å². The molecule has 0 aliphatic rings. The molecule has 0 aliphatic heterocycles. The number of nitrogens with zero attached hydrogens (tertiary/aromatic N) is 2. The molecule has 0 atom stereocenters. The van der Waals surface area contributed by atoms with E-state index in [9.17, 15) is 9.59 Å². The minimum atomic E-state index is -0.342. The van der Waals surface area contributed by atoms with Crippen molar-refractivity contribution in [1.29, 1.82) is 0 Å². The molecule has 2 heterocycles. The Labute approximate surface area is 116 Å². The topological polar surface area (TPSA) is 91.2 Å². The number of anilines is 1. The molecule has 0 radical (unpaired) electrons. The van der Waals surface area contributed by atoms with Crippen LogP contribution in [-0.4, -0.2) is 40.5 Å². The minimum Gasteiger partial charge on any atom is -0.459 e. The number of aryl methyl sites for hydroxylation is 1. The standard InChI is InChI=1S/C13H16N4O3/c1-3-9-7-14-16-12(9)15-11(18)8-17(2)13(19)10-5-4-6-20-10/h4-7H,3,8H2,1-2H3,(H2,14,15,16,18). The second-order valence-corrected chi connectivity index (χ2v) is 4.31. The van der Waals surface area contributed by atoms with Crippen LogP contribution in [0.4, 0.5) is 5.82 Å². The predicted molar refractivity (Wildman–Crippen MR) is 72.3 cm³/mol. The van der Waals surface area contributed by atoms with E-state index in [4.69, 9.17) is 4.42 Å². The summed E-state index contributed by atoms with van der Waals surface area (Å²) in [5, 5.41) is 9.27. The Hall–Kier alpha value is -2.57. The monoisotopic (exact) mass is 276 g/mol. The number of aromatic nitrogens is 2. The first-order valence-corrected chi connectivity index (χ1v) is 6.23. The van der Waals surface area contributed by atoms with Crippen molar-refractivity contribution in [2.75, 3.05) is 18.9 Å². The van der Waals surface area contributed by atoms with E-state index < -0.39 is 0 Å². The first-order valence-electron chi connectivity index (χ1n) is 6.23. The lowest BCUT2D eigenvalue weighted by molar-refractivity contribution is -0.116. The zero-order valence-corrected chi connectivity index (χ0v) is 11.3. The summed E-state index contributed by atoms with van der Waals surface area (Å²) in [4.78, 5) is 25.1. The molecular weight excluding hydrogens is 260 g/mol. The van der Waals surface area contributed by atoms with Crippen LogP contribution in [0.3, 0.4) is 0 Å². The Morgan fingerprint density at radius 1 is 1.50 bits per heavy atom. The molecular formula is C13H16N4O3. The van der Waals surface area contributed by atoms with Crippen LogP contribution in [0, 0.1) is 0 Å². The Bertz CT molecular complexity index is 589. The fraction of sp³-hybridized carbons (Fsp3) is 0.308. The molecule has 0 aromatic carbocycles. The number of aromatic amines is 1. The number of furan rings is 1. The second-order valence-electron chi connectivity index (χ2n) is 4.31. The van der Waals surface area contributed by atoms with E-state index in [-0.39, 0.29) is 24.1 Å². The molecule has 0 bridgehead atoms. The van der Waals surface area contributed by atoms with Gasteiger partial charge in [0.2, 0.25) is 5.91 Å². The molecule has 2 aromatic heterocycles. The summed E-state index contributed by atoms with van der Waals surface area (Å²) in [6.45, 7) is 1.90. The Morgan fingerprint density at radius 2 is 2.30 bits per heavy atom. The highest BCUT2D eigenvalue weighted by Crippen LogP contribution is 2.11. The van der Waals surface area contributed by atoms with E-state index >= 15 is 0 Å². The number of rotatable bonds is 5. The third kappa shape index (κ3) is 3.05. The molecule has 0 spiro atoms. The van der Waals surface area contributed by atoms with Gasteiger partial charge in [-0.3, -0.25) is 14.7 Å². The Kier molecular flexibility index (Phi) is 4.19. The average Bonchev–Trinajstić information content (AvgIpc) is 3.08. The zero-order valence-electron chi connectivity index (χ0n) is 11.3. The van der Waals surface area contributed by atoms with Crippen LogP contribution in [0.1, 0.15) is 23.0 Å². The molecule has 106 valence electrons. The molecule has 0 saturated heterocycles. The molecule has 0 fully saturated rings. The molecule has 20 heavy (non-hydrogen) atoms. The smallest absolute Gasteiger partial charge is 0.289 e. The maximum Gasteiger partial charge on any atom is 0.289 e. The fourth-order valence-electron chi connectivity index (χ4n) is 1.74. The van der Waals surface area contributed by atoms with Gasteiger partial charge in [-0.25, -0.2) is 0 Å². The molecule has 0 unspecified atom stereocenters. The van der Waals surface area contributed by atoms with Crippen molar-refractivity contribution in [2.45, 2.75) is 13.3 Å². The second kappa shape index (κ2) is 6.05. The van der Waals surface area contributed by atoms with E-state index in [1.54, 1.807) is 18.3 Å². The predicted octanol–water partition coefficient (Wildman–Crippen LogP) is 1.28. The summed E-state index contributed by atoms with van der Waals surface area (Å²) in [5.74, 6) is 0.129. The molecule has 7 heteroatoms. The Morgan fingerprint density at radius 3 is 2.95 bits per heavy atom. The maximum atomic E-state index is 11.9. The summed E-state index contributed by atoms with van der Waals surface area (Å²) >= 11 is 0. The molecule has 0 aliphatic carbocycles. The lowest BCUT2D eigenvalue weighted by Gasteiger charge is -2.15. The zero-order chi connectivity index (χ0) is 14.5. The van der Waals surface area contributed by atoms with Crippen LogP contribution >= 0.6 is 0 Å². The number of amides is 2. The van der Waals surface area contributed by atoms with Crippen molar-refractivity contribution in [1.82, 2.24) is 15.1 Å². The van der Waals surface area contributed by atoms with Crippen LogP contribution in [0.15, 0.2) is 29.0 Å². The summed E-state index contributed by atoms with van der Waals surface area (Å²) in [6.07, 6.45) is 3.83. The van der Waals surface area contributed by atoms with E-state index in [1.165, 1.54) is 18.2 Å². The molecule has 2 aromatic rings. The number of likely N-dealkylation sites (N-methyl/N-ethyl adjacent to an activating group) is 1. The molecule has 2 rings (SSSR count). The number of H-pyrrole nitrogens is 1. The van der Waals surface area contributed by atoms with E-state index in [2.05, 4.69) is 15.5 Å². The van der Waals surface area contributed by atoms with Crippen molar-refractivity contribution in [3.63, 3.8) is 0 Å². The number of hydrogen-bond donors (Lipinski definition) is 2. The summed E-state index contributed by atoms with van der Waals surface area (Å²) in [6, 6.07) is 3.18. The number of carbonyl (C=O) groups excluding carboxylic acids is 2. The van der Waals surface area contributed by atoms with Crippen molar-refractivity contribution >= 4 is 17.6 Å². The number of carbonyl (C=O) groups is 2. The largest absolute Gasteiger partial charge is 0.459 e. The summed E-state index contributed by atoms with van der Waals surface area (Å²) in [5.41, 5.74) is 0.915. The van der Waals surface area contributed by atoms with Gasteiger partial charge < -0.3 is 14.6 Å². The first-order chi connectivity index (χ1) is 9.61. The Balaban J connectivity index is 1.93. The normalized spacial score (nSPS) is 10.3. The van der Waals surface area contributed by atoms with Crippen LogP contribution in [0.2, 0.25) is 0 Å². The molecule has 2 N–H and O–H groups in total. The summed E-state index contributed by atoms with van der Waals surface area (Å²) < 4.78 is 5.00. The average molecular weight is 276 g/mol. The van der Waals surface area contributed by atoms with Gasteiger partial charge in [-0.05, 0) is 18.6 Å². The fourth-order valence-corrected chi connectivity index (χ4v) is 1.74. The van der Waals surface area contributed by atoms with Crippen molar-refractivity contribution in [3.8, 4) is 0 Å². The summed E-state index contributed by atoms with van der Waals surface area (Å²) in [7, 11) is 1.54. The highest BCUT2D eigenvalue weighted by atomic mass is 16.3. The number of nitrogens with one attached hydrogen (secondary N) is 2. The van der Waals surface area contributed by atoms with E-state index in [0.717, 1.165) is 12.0 Å². The van der Waals surface area contributed by atoms with Gasteiger partial charge in [0, 0.05) is 12.6 Å². The van der Waals surface area contributed by atoms with Crippen LogP contribution in [0.5, 0.6) is 0 Å². The van der Waals surface area contributed by atoms with Gasteiger partial charge in [-0.15, -0.1) is 0 Å². The van der Waals surface area contributed by atoms with Gasteiger partial charge in [0.15, 0.2) is 5.76 Å². The van der Waals surface area contributed by atoms with Crippen LogP contribution in [-0.2, 0) is 11.2 Å². The lowest BCUT2D eigenvalue weighted by atomic mass is 10.2. The lowest BCUT2D eigenvalue weighted by Crippen LogP contribution is -2.34. The molecule has 7 nitrogen and oxygen atoms in total. The molecule has 0 saturated carbocycles. The van der Waals surface area contributed by atoms with Gasteiger partial charge >= 0.3 is 0 Å². The van der Waals surface area contributed by atoms with Gasteiger partial charge in [0.25, 0.3) is 5.91 Å². The maximum absolute atomic E-state index is 11.9. The van der Waals surface area contributed by atoms with Gasteiger partial charge in [-0.2, -0.15) is 5.10 Å². The van der Waals surface area contributed by atoms with Crippen molar-refractivity contribution < 1.29 is 14.0 Å². The quantitative estimate of drug-likeness (QED) is 0.860. The number of hydrogen-bond acceptors (Lipinski definition) is 4.